The van der Waals surface area contributed by atoms with Gasteiger partial charge in [-0.1, -0.05) is 32.6 Å². The van der Waals surface area contributed by atoms with Crippen molar-refractivity contribution < 1.29 is 15.0 Å². The Bertz CT molecular complexity index is 187. The molecule has 14 heavy (non-hydrogen) atoms. The highest BCUT2D eigenvalue weighted by molar-refractivity contribution is 5.70. The maximum absolute atomic E-state index is 10.9. The van der Waals surface area contributed by atoms with Gasteiger partial charge in [-0.05, 0) is 18.8 Å². The molecule has 2 N–H and O–H groups in total. The standard InChI is InChI=1S/C11H20O3/c1-2-3-4-10(12)9(11(13)14)7-8-5-6-8/h8-10,12H,2-7H2,1H3,(H,13,14)/t9-,10+/m0/s1. The SMILES string of the molecule is CCCC[C@@H](O)[C@H](CC1CC1)C(=O)O. The van der Waals surface area contributed by atoms with Crippen LogP contribution < -0.4 is 0 Å². The van der Waals surface area contributed by atoms with Gasteiger partial charge in [-0.25, -0.2) is 0 Å². The zero-order valence-electron chi connectivity index (χ0n) is 8.78. The third kappa shape index (κ3) is 3.66. The third-order valence-corrected chi connectivity index (χ3v) is 2.92. The summed E-state index contributed by atoms with van der Waals surface area (Å²) < 4.78 is 0. The first kappa shape index (κ1) is 11.5. The molecular formula is C11H20O3. The molecule has 0 bridgehead atoms. The van der Waals surface area contributed by atoms with E-state index in [0.717, 1.165) is 25.7 Å². The lowest BCUT2D eigenvalue weighted by Crippen LogP contribution is -2.28. The molecule has 0 saturated heterocycles. The molecule has 3 nitrogen and oxygen atoms in total. The van der Waals surface area contributed by atoms with Crippen molar-refractivity contribution in [3.63, 3.8) is 0 Å². The smallest absolute Gasteiger partial charge is 0.309 e. The minimum atomic E-state index is -0.833. The van der Waals surface area contributed by atoms with Gasteiger partial charge < -0.3 is 10.2 Å². The minimum Gasteiger partial charge on any atom is -0.481 e. The summed E-state index contributed by atoms with van der Waals surface area (Å²) in [5.74, 6) is -0.804. The highest BCUT2D eigenvalue weighted by Crippen LogP contribution is 2.36. The highest BCUT2D eigenvalue weighted by atomic mass is 16.4. The molecule has 0 spiro atoms. The Morgan fingerprint density at radius 3 is 2.57 bits per heavy atom. The van der Waals surface area contributed by atoms with Gasteiger partial charge >= 0.3 is 5.97 Å². The number of unbranched alkanes of at least 4 members (excludes halogenated alkanes) is 1. The molecule has 1 saturated carbocycles. The number of carboxylic acids is 1. The van der Waals surface area contributed by atoms with Crippen molar-refractivity contribution in [1.29, 1.82) is 0 Å². The van der Waals surface area contributed by atoms with Crippen LogP contribution in [0.25, 0.3) is 0 Å². The van der Waals surface area contributed by atoms with Gasteiger partial charge in [0.2, 0.25) is 0 Å². The summed E-state index contributed by atoms with van der Waals surface area (Å²) in [4.78, 5) is 10.9. The number of rotatable bonds is 7. The van der Waals surface area contributed by atoms with E-state index < -0.39 is 18.0 Å². The molecule has 0 unspecified atom stereocenters. The van der Waals surface area contributed by atoms with Crippen molar-refractivity contribution in [2.24, 2.45) is 11.8 Å². The molecule has 3 heteroatoms. The van der Waals surface area contributed by atoms with E-state index in [0.29, 0.717) is 18.8 Å². The van der Waals surface area contributed by atoms with Crippen LogP contribution in [0.15, 0.2) is 0 Å². The average Bonchev–Trinajstić information content (AvgIpc) is 2.93. The van der Waals surface area contributed by atoms with Gasteiger partial charge in [0.1, 0.15) is 0 Å². The lowest BCUT2D eigenvalue weighted by atomic mass is 9.92. The van der Waals surface area contributed by atoms with Crippen LogP contribution in [0.1, 0.15) is 45.4 Å². The summed E-state index contributed by atoms with van der Waals surface area (Å²) >= 11 is 0. The average molecular weight is 200 g/mol. The summed E-state index contributed by atoms with van der Waals surface area (Å²) in [6.45, 7) is 2.05. The van der Waals surface area contributed by atoms with Gasteiger partial charge in [-0.15, -0.1) is 0 Å². The molecule has 2 atom stereocenters. The zero-order valence-corrected chi connectivity index (χ0v) is 8.78. The first-order valence-electron chi connectivity index (χ1n) is 5.56. The Balaban J connectivity index is 2.34. The van der Waals surface area contributed by atoms with Crippen LogP contribution in [0.2, 0.25) is 0 Å². The zero-order chi connectivity index (χ0) is 10.6. The second kappa shape index (κ2) is 5.35. The quantitative estimate of drug-likeness (QED) is 0.661. The molecule has 0 aromatic rings. The van der Waals surface area contributed by atoms with Crippen molar-refractivity contribution >= 4 is 5.97 Å². The number of hydrogen-bond acceptors (Lipinski definition) is 2. The lowest BCUT2D eigenvalue weighted by molar-refractivity contribution is -0.146. The molecule has 0 amide bonds. The number of aliphatic hydroxyl groups excluding tert-OH is 1. The van der Waals surface area contributed by atoms with Gasteiger partial charge in [0, 0.05) is 0 Å². The fraction of sp³-hybridized carbons (Fsp3) is 0.909. The first-order valence-corrected chi connectivity index (χ1v) is 5.56. The molecule has 1 rings (SSSR count). The Kier molecular flexibility index (Phi) is 4.39. The highest BCUT2D eigenvalue weighted by Gasteiger charge is 2.33. The summed E-state index contributed by atoms with van der Waals surface area (Å²) in [6, 6.07) is 0. The summed E-state index contributed by atoms with van der Waals surface area (Å²) in [7, 11) is 0. The van der Waals surface area contributed by atoms with Crippen LogP contribution >= 0.6 is 0 Å². The van der Waals surface area contributed by atoms with Crippen LogP contribution in [0, 0.1) is 11.8 Å². The van der Waals surface area contributed by atoms with Crippen molar-refractivity contribution in [3.8, 4) is 0 Å². The fourth-order valence-electron chi connectivity index (χ4n) is 1.75. The third-order valence-electron chi connectivity index (χ3n) is 2.92. The molecule has 0 radical (unpaired) electrons. The van der Waals surface area contributed by atoms with E-state index in [-0.39, 0.29) is 0 Å². The molecule has 1 aliphatic carbocycles. The predicted molar refractivity (Wildman–Crippen MR) is 54.0 cm³/mol. The van der Waals surface area contributed by atoms with Crippen molar-refractivity contribution in [2.75, 3.05) is 0 Å². The van der Waals surface area contributed by atoms with E-state index in [1.54, 1.807) is 0 Å². The van der Waals surface area contributed by atoms with Gasteiger partial charge in [0.25, 0.3) is 0 Å². The fourth-order valence-corrected chi connectivity index (χ4v) is 1.75. The van der Waals surface area contributed by atoms with E-state index in [1.807, 2.05) is 6.92 Å². The predicted octanol–water partition coefficient (Wildman–Crippen LogP) is 2.04. The second-order valence-corrected chi connectivity index (χ2v) is 4.33. The Labute approximate surface area is 85.1 Å². The van der Waals surface area contributed by atoms with Crippen molar-refractivity contribution in [3.05, 3.63) is 0 Å². The van der Waals surface area contributed by atoms with Gasteiger partial charge in [0.15, 0.2) is 0 Å². The molecule has 1 fully saturated rings. The van der Waals surface area contributed by atoms with Crippen LogP contribution in [0.5, 0.6) is 0 Å². The summed E-state index contributed by atoms with van der Waals surface area (Å²) in [6.07, 6.45) is 4.85. The molecule has 0 aromatic carbocycles. The number of hydrogen-bond donors (Lipinski definition) is 2. The van der Waals surface area contributed by atoms with Gasteiger partial charge in [0.05, 0.1) is 12.0 Å². The van der Waals surface area contributed by atoms with E-state index in [1.165, 1.54) is 0 Å². The molecular weight excluding hydrogens is 180 g/mol. The normalized spacial score (nSPS) is 20.4. The molecule has 1 aliphatic rings. The number of aliphatic hydroxyl groups is 1. The number of aliphatic carboxylic acids is 1. The maximum atomic E-state index is 10.9. The maximum Gasteiger partial charge on any atom is 0.309 e. The van der Waals surface area contributed by atoms with Gasteiger partial charge in [-0.3, -0.25) is 4.79 Å². The van der Waals surface area contributed by atoms with E-state index in [4.69, 9.17) is 5.11 Å². The summed E-state index contributed by atoms with van der Waals surface area (Å²) in [5.41, 5.74) is 0. The molecule has 0 heterocycles. The van der Waals surface area contributed by atoms with Crippen molar-refractivity contribution in [2.45, 2.75) is 51.6 Å². The Hall–Kier alpha value is -0.570. The van der Waals surface area contributed by atoms with Crippen LogP contribution in [-0.2, 0) is 4.79 Å². The number of carbonyl (C=O) groups is 1. The second-order valence-electron chi connectivity index (χ2n) is 4.33. The first-order chi connectivity index (χ1) is 6.65. The summed E-state index contributed by atoms with van der Waals surface area (Å²) in [5, 5.41) is 18.7. The lowest BCUT2D eigenvalue weighted by Gasteiger charge is -2.18. The van der Waals surface area contributed by atoms with E-state index in [2.05, 4.69) is 0 Å². The Morgan fingerprint density at radius 1 is 1.50 bits per heavy atom. The van der Waals surface area contributed by atoms with E-state index >= 15 is 0 Å². The topological polar surface area (TPSA) is 57.5 Å². The largest absolute Gasteiger partial charge is 0.481 e. The van der Waals surface area contributed by atoms with Crippen LogP contribution in [0.3, 0.4) is 0 Å². The molecule has 82 valence electrons. The molecule has 0 aliphatic heterocycles. The number of carboxylic acid groups (broad SMARTS) is 1. The monoisotopic (exact) mass is 200 g/mol. The van der Waals surface area contributed by atoms with Crippen LogP contribution in [0.4, 0.5) is 0 Å². The van der Waals surface area contributed by atoms with Crippen LogP contribution in [-0.4, -0.2) is 22.3 Å². The minimum absolute atomic E-state index is 0.533. The molecule has 0 aromatic heterocycles. The van der Waals surface area contributed by atoms with Crippen molar-refractivity contribution in [1.82, 2.24) is 0 Å². The van der Waals surface area contributed by atoms with E-state index in [9.17, 15) is 9.90 Å². The van der Waals surface area contributed by atoms with Gasteiger partial charge in [-0.2, -0.15) is 0 Å². The Morgan fingerprint density at radius 2 is 2.14 bits per heavy atom.